The van der Waals surface area contributed by atoms with Gasteiger partial charge >= 0.3 is 5.97 Å². The number of aryl methyl sites for hydroxylation is 2. The summed E-state index contributed by atoms with van der Waals surface area (Å²) < 4.78 is 0. The SMILES string of the molecule is CCCCC[C@H](O)C=CC1=C(C[C@H](O)CO)[C@H](NC[C@@](C)(O)C2(c3ccc(O)cc3)CCCCC2)[C@@H](CCCCCC(=O)O)CCc2ccccc2CC1. The van der Waals surface area contributed by atoms with Gasteiger partial charge in [-0.2, -0.15) is 0 Å². The van der Waals surface area contributed by atoms with Crippen molar-refractivity contribution in [3.63, 3.8) is 0 Å². The average molecular weight is 748 g/mol. The molecule has 0 amide bonds. The van der Waals surface area contributed by atoms with Crippen LogP contribution < -0.4 is 5.32 Å². The maximum atomic E-state index is 12.7. The lowest BCUT2D eigenvalue weighted by Crippen LogP contribution is -2.58. The fourth-order valence-electron chi connectivity index (χ4n) is 9.17. The molecule has 0 bridgehead atoms. The molecule has 5 atom stereocenters. The van der Waals surface area contributed by atoms with Crippen LogP contribution in [0.25, 0.3) is 0 Å². The number of hydrogen-bond donors (Lipinski definition) is 7. The first-order valence-corrected chi connectivity index (χ1v) is 20.9. The molecular formula is C46H69NO7. The van der Waals surface area contributed by atoms with Crippen LogP contribution in [0.1, 0.15) is 140 Å². The Morgan fingerprint density at radius 1 is 0.944 bits per heavy atom. The molecule has 2 aromatic carbocycles. The molecule has 0 saturated heterocycles. The summed E-state index contributed by atoms with van der Waals surface area (Å²) in [4.78, 5) is 11.3. The molecule has 8 nitrogen and oxygen atoms in total. The van der Waals surface area contributed by atoms with Gasteiger partial charge in [0, 0.05) is 24.4 Å². The molecule has 2 aromatic rings. The van der Waals surface area contributed by atoms with Crippen LogP contribution in [0.15, 0.2) is 71.8 Å². The number of hydrogen-bond acceptors (Lipinski definition) is 7. The van der Waals surface area contributed by atoms with Crippen molar-refractivity contribution < 1.29 is 35.4 Å². The van der Waals surface area contributed by atoms with Gasteiger partial charge in [0.25, 0.3) is 0 Å². The number of aliphatic hydroxyl groups is 4. The summed E-state index contributed by atoms with van der Waals surface area (Å²) in [5, 5.41) is 68.4. The van der Waals surface area contributed by atoms with Crippen LogP contribution in [0.3, 0.4) is 0 Å². The van der Waals surface area contributed by atoms with E-state index in [1.165, 1.54) is 11.1 Å². The molecule has 2 aliphatic carbocycles. The molecule has 0 radical (unpaired) electrons. The Hall–Kier alpha value is -3.01. The summed E-state index contributed by atoms with van der Waals surface area (Å²) in [5.74, 6) is -0.495. The second-order valence-electron chi connectivity index (χ2n) is 16.4. The zero-order valence-corrected chi connectivity index (χ0v) is 33.0. The number of unbranched alkanes of at least 4 members (excludes halogenated alkanes) is 4. The van der Waals surface area contributed by atoms with E-state index in [1.807, 2.05) is 25.1 Å². The number of carboxylic acids is 1. The van der Waals surface area contributed by atoms with E-state index >= 15 is 0 Å². The van der Waals surface area contributed by atoms with Gasteiger partial charge in [0.15, 0.2) is 0 Å². The van der Waals surface area contributed by atoms with Crippen molar-refractivity contribution in [1.82, 2.24) is 5.32 Å². The minimum atomic E-state index is -1.16. The Morgan fingerprint density at radius 3 is 2.31 bits per heavy atom. The third kappa shape index (κ3) is 12.5. The van der Waals surface area contributed by atoms with Crippen LogP contribution in [0.5, 0.6) is 5.75 Å². The van der Waals surface area contributed by atoms with Crippen molar-refractivity contribution in [1.29, 1.82) is 0 Å². The highest BCUT2D eigenvalue weighted by atomic mass is 16.4. The Kier molecular flexibility index (Phi) is 17.7. The van der Waals surface area contributed by atoms with Crippen molar-refractivity contribution in [2.75, 3.05) is 13.2 Å². The van der Waals surface area contributed by atoms with Crippen LogP contribution in [0.4, 0.5) is 0 Å². The highest BCUT2D eigenvalue weighted by Crippen LogP contribution is 2.48. The second kappa shape index (κ2) is 21.9. The summed E-state index contributed by atoms with van der Waals surface area (Å²) in [6, 6.07) is 15.7. The number of nitrogens with one attached hydrogen (secondary N) is 1. The first-order chi connectivity index (χ1) is 26.0. The standard InChI is InChI=1S/C46H69NO7/c1-3-4-7-17-39(49)26-23-36-21-19-34-14-10-11-15-35(34)20-22-37(16-8-5-9-18-43(52)53)44(42(36)31-41(51)32-48)47-33-45(2,54)46(29-12-6-13-30-46)38-24-27-40(50)28-25-38/h10-11,14-15,23-28,37,39,41,44,47-51,54H,3-9,12-13,16-22,29-33H2,1-2H3,(H,52,53)/t37-,39-,41-,44+,45+/m0/s1. The van der Waals surface area contributed by atoms with Crippen LogP contribution >= 0.6 is 0 Å². The smallest absolute Gasteiger partial charge is 0.303 e. The van der Waals surface area contributed by atoms with E-state index in [0.717, 1.165) is 107 Å². The summed E-state index contributed by atoms with van der Waals surface area (Å²) in [7, 11) is 0. The van der Waals surface area contributed by atoms with E-state index in [-0.39, 0.29) is 37.2 Å². The number of aromatic hydroxyl groups is 1. The molecule has 0 aliphatic heterocycles. The Bertz CT molecular complexity index is 1480. The molecule has 0 unspecified atom stereocenters. The number of rotatable bonds is 20. The highest BCUT2D eigenvalue weighted by molar-refractivity contribution is 5.66. The Labute approximate surface area is 324 Å². The number of fused-ring (bicyclic) bond motifs is 1. The second-order valence-corrected chi connectivity index (χ2v) is 16.4. The lowest BCUT2D eigenvalue weighted by molar-refractivity contribution is -0.137. The summed E-state index contributed by atoms with van der Waals surface area (Å²) in [5.41, 5.74) is 3.98. The minimum absolute atomic E-state index is 0.0894. The Morgan fingerprint density at radius 2 is 1.65 bits per heavy atom. The first kappa shape index (κ1) is 43.7. The molecule has 8 heteroatoms. The van der Waals surface area contributed by atoms with Crippen LogP contribution in [-0.2, 0) is 23.1 Å². The number of carbonyl (C=O) groups is 1. The molecule has 0 aromatic heterocycles. The fourth-order valence-corrected chi connectivity index (χ4v) is 9.17. The predicted octanol–water partition coefficient (Wildman–Crippen LogP) is 8.07. The monoisotopic (exact) mass is 748 g/mol. The maximum Gasteiger partial charge on any atom is 0.303 e. The number of phenols is 1. The largest absolute Gasteiger partial charge is 0.508 e. The van der Waals surface area contributed by atoms with E-state index in [2.05, 4.69) is 42.6 Å². The third-order valence-corrected chi connectivity index (χ3v) is 12.4. The molecule has 7 N–H and O–H groups in total. The molecule has 4 rings (SSSR count). The maximum absolute atomic E-state index is 12.7. The van der Waals surface area contributed by atoms with Gasteiger partial charge in [0.1, 0.15) is 5.75 Å². The predicted molar refractivity (Wildman–Crippen MR) is 217 cm³/mol. The number of phenolic OH excluding ortho intramolecular Hbond substituents is 1. The third-order valence-electron chi connectivity index (χ3n) is 12.4. The van der Waals surface area contributed by atoms with E-state index < -0.39 is 29.2 Å². The molecule has 2 aliphatic rings. The van der Waals surface area contributed by atoms with Crippen molar-refractivity contribution in [2.24, 2.45) is 5.92 Å². The quantitative estimate of drug-likeness (QED) is 0.0673. The van der Waals surface area contributed by atoms with Gasteiger partial charge in [0.05, 0.1) is 24.4 Å². The molecule has 54 heavy (non-hydrogen) atoms. The van der Waals surface area contributed by atoms with Gasteiger partial charge in [-0.1, -0.05) is 107 Å². The van der Waals surface area contributed by atoms with E-state index in [4.69, 9.17) is 0 Å². The van der Waals surface area contributed by atoms with Crippen molar-refractivity contribution in [3.8, 4) is 5.75 Å². The highest BCUT2D eigenvalue weighted by Gasteiger charge is 2.49. The number of benzene rings is 2. The van der Waals surface area contributed by atoms with Gasteiger partial charge in [-0.3, -0.25) is 4.79 Å². The molecule has 0 spiro atoms. The van der Waals surface area contributed by atoms with Gasteiger partial charge in [0.2, 0.25) is 0 Å². The lowest BCUT2D eigenvalue weighted by Gasteiger charge is -2.49. The summed E-state index contributed by atoms with van der Waals surface area (Å²) in [6.45, 7) is 4.00. The van der Waals surface area contributed by atoms with Crippen molar-refractivity contribution >= 4 is 5.97 Å². The lowest BCUT2D eigenvalue weighted by atomic mass is 9.60. The van der Waals surface area contributed by atoms with Crippen LogP contribution in [-0.4, -0.2) is 73.6 Å². The molecule has 1 fully saturated rings. The number of carboxylic acid groups (broad SMARTS) is 1. The topological polar surface area (TPSA) is 150 Å². The Balaban J connectivity index is 1.81. The van der Waals surface area contributed by atoms with Crippen LogP contribution in [0.2, 0.25) is 0 Å². The van der Waals surface area contributed by atoms with Crippen molar-refractivity contribution in [2.45, 2.75) is 165 Å². The van der Waals surface area contributed by atoms with E-state index in [1.54, 1.807) is 12.1 Å². The van der Waals surface area contributed by atoms with Gasteiger partial charge in [-0.25, -0.2) is 0 Å². The molecule has 300 valence electrons. The van der Waals surface area contributed by atoms with Crippen LogP contribution in [0, 0.1) is 5.92 Å². The van der Waals surface area contributed by atoms with E-state index in [9.17, 15) is 35.4 Å². The summed E-state index contributed by atoms with van der Waals surface area (Å²) >= 11 is 0. The van der Waals surface area contributed by atoms with Gasteiger partial charge < -0.3 is 36.0 Å². The normalized spacial score (nSPS) is 21.7. The van der Waals surface area contributed by atoms with Gasteiger partial charge in [-0.15, -0.1) is 0 Å². The van der Waals surface area contributed by atoms with E-state index in [0.29, 0.717) is 25.8 Å². The summed E-state index contributed by atoms with van der Waals surface area (Å²) in [6.07, 6.45) is 17.6. The zero-order chi connectivity index (χ0) is 39.0. The number of allylic oxidation sites excluding steroid dienone is 2. The first-order valence-electron chi connectivity index (χ1n) is 20.9. The number of aliphatic carboxylic acids is 1. The molecular weight excluding hydrogens is 679 g/mol. The van der Waals surface area contributed by atoms with Crippen molar-refractivity contribution in [3.05, 3.63) is 88.5 Å². The molecule has 0 heterocycles. The minimum Gasteiger partial charge on any atom is -0.508 e. The number of aliphatic hydroxyl groups excluding tert-OH is 3. The zero-order valence-electron chi connectivity index (χ0n) is 33.0. The fraction of sp³-hybridized carbons (Fsp3) is 0.630. The molecule has 1 saturated carbocycles. The average Bonchev–Trinajstić information content (AvgIpc) is 3.16. The van der Waals surface area contributed by atoms with Gasteiger partial charge in [-0.05, 0) is 117 Å².